The second-order valence-electron chi connectivity index (χ2n) is 4.26. The fourth-order valence-corrected chi connectivity index (χ4v) is 3.03. The number of carbonyl (C=O) groups excluding carboxylic acids is 2. The third-order valence-corrected chi connectivity index (χ3v) is 4.16. The predicted octanol–water partition coefficient (Wildman–Crippen LogP) is 1.98. The van der Waals surface area contributed by atoms with Crippen molar-refractivity contribution in [3.05, 3.63) is 46.5 Å². The molecule has 6 heteroatoms. The Morgan fingerprint density at radius 3 is 2.60 bits per heavy atom. The van der Waals surface area contributed by atoms with Crippen LogP contribution in [0.5, 0.6) is 5.75 Å². The van der Waals surface area contributed by atoms with Gasteiger partial charge in [-0.05, 0) is 35.9 Å². The van der Waals surface area contributed by atoms with Gasteiger partial charge in [0.15, 0.2) is 0 Å². The first-order valence-corrected chi connectivity index (χ1v) is 6.59. The van der Waals surface area contributed by atoms with Gasteiger partial charge in [-0.25, -0.2) is 0 Å². The van der Waals surface area contributed by atoms with Crippen molar-refractivity contribution >= 4 is 29.2 Å². The van der Waals surface area contributed by atoms with Gasteiger partial charge >= 0.3 is 0 Å². The molecule has 0 spiro atoms. The summed E-state index contributed by atoms with van der Waals surface area (Å²) in [5, 5.41) is 0. The summed E-state index contributed by atoms with van der Waals surface area (Å²) in [5.41, 5.74) is 12.6. The lowest BCUT2D eigenvalue weighted by Gasteiger charge is -2.07. The normalized spacial score (nSPS) is 12.0. The van der Waals surface area contributed by atoms with Crippen molar-refractivity contribution in [2.45, 2.75) is 0 Å². The lowest BCUT2D eigenvalue weighted by atomic mass is 10.1. The average molecular weight is 286 g/mol. The first-order valence-electron chi connectivity index (χ1n) is 5.77. The fourth-order valence-electron chi connectivity index (χ4n) is 2.00. The van der Waals surface area contributed by atoms with E-state index in [-0.39, 0.29) is 0 Å². The predicted molar refractivity (Wildman–Crippen MR) is 76.5 cm³/mol. The largest absolute Gasteiger partial charge is 0.464 e. The van der Waals surface area contributed by atoms with E-state index in [1.54, 1.807) is 30.3 Å². The molecule has 0 saturated heterocycles. The van der Waals surface area contributed by atoms with Gasteiger partial charge in [0.2, 0.25) is 5.91 Å². The van der Waals surface area contributed by atoms with E-state index in [9.17, 15) is 9.59 Å². The summed E-state index contributed by atoms with van der Waals surface area (Å²) in [6.07, 6.45) is 3.26. The molecule has 20 heavy (non-hydrogen) atoms. The standard InChI is InChI=1S/C14H10N2O3S/c15-13(17)8-1-2-9-10(5-8)19-4-3-7-6-11(14(16)18)20-12(7)9/h1-6H,(H2,15,17)(H2,16,18). The van der Waals surface area contributed by atoms with E-state index in [2.05, 4.69) is 0 Å². The molecule has 0 aliphatic carbocycles. The van der Waals surface area contributed by atoms with Gasteiger partial charge in [0.1, 0.15) is 5.75 Å². The van der Waals surface area contributed by atoms with Crippen molar-refractivity contribution < 1.29 is 14.3 Å². The Hall–Kier alpha value is -2.60. The third-order valence-electron chi connectivity index (χ3n) is 2.96. The van der Waals surface area contributed by atoms with Crippen molar-refractivity contribution in [2.75, 3.05) is 0 Å². The molecule has 4 N–H and O–H groups in total. The molecule has 1 aliphatic rings. The molecule has 1 aromatic heterocycles. The second kappa shape index (κ2) is 4.50. The quantitative estimate of drug-likeness (QED) is 0.883. The van der Waals surface area contributed by atoms with Crippen LogP contribution in [-0.4, -0.2) is 11.8 Å². The number of amides is 2. The van der Waals surface area contributed by atoms with Crippen molar-refractivity contribution in [1.29, 1.82) is 0 Å². The van der Waals surface area contributed by atoms with Crippen LogP contribution in [0, 0.1) is 0 Å². The molecular weight excluding hydrogens is 276 g/mol. The minimum atomic E-state index is -0.520. The molecule has 1 aliphatic heterocycles. The van der Waals surface area contributed by atoms with E-state index >= 15 is 0 Å². The Balaban J connectivity index is 2.19. The first-order chi connectivity index (χ1) is 9.56. The number of benzene rings is 1. The van der Waals surface area contributed by atoms with Crippen molar-refractivity contribution in [1.82, 2.24) is 0 Å². The monoisotopic (exact) mass is 286 g/mol. The molecule has 0 bridgehead atoms. The first kappa shape index (κ1) is 12.4. The van der Waals surface area contributed by atoms with Crippen LogP contribution in [0.1, 0.15) is 25.6 Å². The zero-order chi connectivity index (χ0) is 14.3. The molecule has 0 unspecified atom stereocenters. The number of ether oxygens (including phenoxy) is 1. The molecule has 0 radical (unpaired) electrons. The maximum absolute atomic E-state index is 11.3. The van der Waals surface area contributed by atoms with Crippen molar-refractivity contribution in [3.8, 4) is 16.2 Å². The summed E-state index contributed by atoms with van der Waals surface area (Å²) >= 11 is 1.29. The molecule has 0 atom stereocenters. The van der Waals surface area contributed by atoms with Gasteiger partial charge in [0.25, 0.3) is 5.91 Å². The number of hydrogen-bond acceptors (Lipinski definition) is 4. The summed E-state index contributed by atoms with van der Waals surface area (Å²) in [6.45, 7) is 0. The maximum Gasteiger partial charge on any atom is 0.258 e. The minimum Gasteiger partial charge on any atom is -0.464 e. The van der Waals surface area contributed by atoms with Crippen LogP contribution in [-0.2, 0) is 0 Å². The SMILES string of the molecule is NC(=O)c1ccc2c(c1)OC=Cc1cc(C(N)=O)sc1-2. The van der Waals surface area contributed by atoms with Crippen LogP contribution in [0.15, 0.2) is 30.5 Å². The van der Waals surface area contributed by atoms with E-state index in [1.807, 2.05) is 0 Å². The molecule has 0 saturated carbocycles. The lowest BCUT2D eigenvalue weighted by molar-refractivity contribution is 0.0993. The van der Waals surface area contributed by atoms with Gasteiger partial charge in [0.05, 0.1) is 11.1 Å². The van der Waals surface area contributed by atoms with Crippen LogP contribution < -0.4 is 16.2 Å². The van der Waals surface area contributed by atoms with Gasteiger partial charge in [-0.2, -0.15) is 0 Å². The fraction of sp³-hybridized carbons (Fsp3) is 0. The van der Waals surface area contributed by atoms with Gasteiger partial charge in [-0.1, -0.05) is 0 Å². The van der Waals surface area contributed by atoms with E-state index in [1.165, 1.54) is 17.6 Å². The summed E-state index contributed by atoms with van der Waals surface area (Å²) in [6, 6.07) is 6.69. The minimum absolute atomic E-state index is 0.368. The Bertz CT molecular complexity index is 762. The Morgan fingerprint density at radius 1 is 1.10 bits per heavy atom. The van der Waals surface area contributed by atoms with Gasteiger partial charge in [0, 0.05) is 16.0 Å². The Labute approximate surface area is 118 Å². The highest BCUT2D eigenvalue weighted by Crippen LogP contribution is 2.41. The van der Waals surface area contributed by atoms with E-state index in [4.69, 9.17) is 16.2 Å². The zero-order valence-electron chi connectivity index (χ0n) is 10.3. The number of nitrogens with two attached hydrogens (primary N) is 2. The number of fused-ring (bicyclic) bond motifs is 3. The van der Waals surface area contributed by atoms with Gasteiger partial charge < -0.3 is 16.2 Å². The Kier molecular flexibility index (Phi) is 2.80. The van der Waals surface area contributed by atoms with Crippen LogP contribution in [0.3, 0.4) is 0 Å². The third kappa shape index (κ3) is 1.96. The smallest absolute Gasteiger partial charge is 0.258 e. The molecular formula is C14H10N2O3S. The highest BCUT2D eigenvalue weighted by molar-refractivity contribution is 7.17. The summed E-state index contributed by atoms with van der Waals surface area (Å²) in [4.78, 5) is 23.8. The lowest BCUT2D eigenvalue weighted by Crippen LogP contribution is -2.10. The molecule has 3 rings (SSSR count). The van der Waals surface area contributed by atoms with E-state index in [0.717, 1.165) is 16.0 Å². The Morgan fingerprint density at radius 2 is 1.90 bits per heavy atom. The molecule has 2 heterocycles. The van der Waals surface area contributed by atoms with Crippen molar-refractivity contribution in [3.63, 3.8) is 0 Å². The molecule has 5 nitrogen and oxygen atoms in total. The molecule has 2 aromatic rings. The maximum atomic E-state index is 11.3. The summed E-state index contributed by atoms with van der Waals surface area (Å²) in [5.74, 6) is -0.462. The van der Waals surface area contributed by atoms with Crippen LogP contribution >= 0.6 is 11.3 Å². The number of primary amides is 2. The van der Waals surface area contributed by atoms with E-state index < -0.39 is 11.8 Å². The number of thiophene rings is 1. The highest BCUT2D eigenvalue weighted by atomic mass is 32.1. The summed E-state index contributed by atoms with van der Waals surface area (Å²) in [7, 11) is 0. The molecule has 0 fully saturated rings. The second-order valence-corrected chi connectivity index (χ2v) is 5.31. The van der Waals surface area contributed by atoms with Gasteiger partial charge in [-0.15, -0.1) is 11.3 Å². The van der Waals surface area contributed by atoms with E-state index in [0.29, 0.717) is 16.2 Å². The summed E-state index contributed by atoms with van der Waals surface area (Å²) < 4.78 is 5.48. The number of rotatable bonds is 2. The van der Waals surface area contributed by atoms with Crippen LogP contribution in [0.4, 0.5) is 0 Å². The molecule has 1 aromatic carbocycles. The van der Waals surface area contributed by atoms with Crippen molar-refractivity contribution in [2.24, 2.45) is 11.5 Å². The molecule has 2 amide bonds. The molecule has 100 valence electrons. The number of hydrogen-bond donors (Lipinski definition) is 2. The van der Waals surface area contributed by atoms with Gasteiger partial charge in [-0.3, -0.25) is 9.59 Å². The topological polar surface area (TPSA) is 95.4 Å². The zero-order valence-corrected chi connectivity index (χ0v) is 11.1. The highest BCUT2D eigenvalue weighted by Gasteiger charge is 2.19. The van der Waals surface area contributed by atoms with Crippen LogP contribution in [0.2, 0.25) is 0 Å². The average Bonchev–Trinajstić information content (AvgIpc) is 2.76. The number of carbonyl (C=O) groups is 2. The van der Waals surface area contributed by atoms with Crippen LogP contribution in [0.25, 0.3) is 16.5 Å².